The van der Waals surface area contributed by atoms with Gasteiger partial charge in [0.2, 0.25) is 10.0 Å². The Kier molecular flexibility index (Phi) is 4.74. The molecule has 0 aromatic carbocycles. The quantitative estimate of drug-likeness (QED) is 0.836. The fourth-order valence-electron chi connectivity index (χ4n) is 2.27. The SMILES string of the molecule is CCN(C)S(=O)(=O)c1c(C)nn(Cc2nc(C)c(C)s2)c1C. The molecule has 8 heteroatoms. The van der Waals surface area contributed by atoms with Gasteiger partial charge in [-0.2, -0.15) is 5.10 Å². The highest BCUT2D eigenvalue weighted by molar-refractivity contribution is 7.89. The van der Waals surface area contributed by atoms with Crippen LogP contribution >= 0.6 is 11.3 Å². The van der Waals surface area contributed by atoms with Gasteiger partial charge in [-0.25, -0.2) is 17.7 Å². The lowest BCUT2D eigenvalue weighted by molar-refractivity contribution is 0.485. The van der Waals surface area contributed by atoms with Crippen LogP contribution in [0.3, 0.4) is 0 Å². The molecule has 0 unspecified atom stereocenters. The second-order valence-electron chi connectivity index (χ2n) is 5.33. The molecular formula is C14H22N4O2S2. The Morgan fingerprint density at radius 1 is 1.18 bits per heavy atom. The maximum Gasteiger partial charge on any atom is 0.246 e. The number of nitrogens with zero attached hydrogens (tertiary/aromatic N) is 4. The van der Waals surface area contributed by atoms with Crippen LogP contribution in [0.15, 0.2) is 4.90 Å². The topological polar surface area (TPSA) is 68.1 Å². The van der Waals surface area contributed by atoms with E-state index in [4.69, 9.17) is 0 Å². The van der Waals surface area contributed by atoms with Crippen molar-refractivity contribution >= 4 is 21.4 Å². The van der Waals surface area contributed by atoms with Crippen LogP contribution < -0.4 is 0 Å². The van der Waals surface area contributed by atoms with Gasteiger partial charge < -0.3 is 0 Å². The van der Waals surface area contributed by atoms with Gasteiger partial charge in [0, 0.05) is 18.5 Å². The zero-order valence-electron chi connectivity index (χ0n) is 13.8. The first-order chi connectivity index (χ1) is 10.2. The lowest BCUT2D eigenvalue weighted by atomic mass is 10.4. The van der Waals surface area contributed by atoms with Crippen molar-refractivity contribution in [2.45, 2.75) is 46.1 Å². The average Bonchev–Trinajstić information content (AvgIpc) is 2.89. The molecule has 0 aliphatic heterocycles. The fraction of sp³-hybridized carbons (Fsp3) is 0.571. The lowest BCUT2D eigenvalue weighted by Gasteiger charge is -2.15. The summed E-state index contributed by atoms with van der Waals surface area (Å²) in [7, 11) is -1.91. The molecule has 0 amide bonds. The van der Waals surface area contributed by atoms with Crippen molar-refractivity contribution in [1.29, 1.82) is 0 Å². The minimum atomic E-state index is -3.49. The molecule has 2 rings (SSSR count). The second-order valence-corrected chi connectivity index (χ2v) is 8.60. The molecule has 0 aliphatic carbocycles. The molecular weight excluding hydrogens is 320 g/mol. The molecule has 22 heavy (non-hydrogen) atoms. The van der Waals surface area contributed by atoms with Crippen LogP contribution in [-0.4, -0.2) is 41.1 Å². The Morgan fingerprint density at radius 2 is 1.82 bits per heavy atom. The summed E-state index contributed by atoms with van der Waals surface area (Å²) in [6, 6.07) is 0. The third kappa shape index (κ3) is 2.95. The van der Waals surface area contributed by atoms with Crippen LogP contribution in [0.2, 0.25) is 0 Å². The second kappa shape index (κ2) is 6.10. The molecule has 122 valence electrons. The Balaban J connectivity index is 2.43. The van der Waals surface area contributed by atoms with Crippen molar-refractivity contribution in [3.8, 4) is 0 Å². The number of aromatic nitrogens is 3. The van der Waals surface area contributed by atoms with Gasteiger partial charge in [0.05, 0.1) is 23.6 Å². The molecule has 0 N–H and O–H groups in total. The number of thiazole rings is 1. The molecule has 0 fully saturated rings. The van der Waals surface area contributed by atoms with E-state index in [0.717, 1.165) is 10.7 Å². The Morgan fingerprint density at radius 3 is 2.32 bits per heavy atom. The Bertz CT molecular complexity index is 771. The largest absolute Gasteiger partial charge is 0.261 e. The molecule has 0 bridgehead atoms. The molecule has 0 atom stereocenters. The monoisotopic (exact) mass is 342 g/mol. The summed E-state index contributed by atoms with van der Waals surface area (Å²) in [4.78, 5) is 5.98. The van der Waals surface area contributed by atoms with Crippen LogP contribution in [-0.2, 0) is 16.6 Å². The standard InChI is InChI=1S/C14H22N4O2S2/c1-7-17(6)22(19,20)14-10(3)16-18(11(14)4)8-13-15-9(2)12(5)21-13/h7-8H2,1-6H3. The van der Waals surface area contributed by atoms with Gasteiger partial charge in [-0.15, -0.1) is 11.3 Å². The number of sulfonamides is 1. The summed E-state index contributed by atoms with van der Waals surface area (Å²) in [5.41, 5.74) is 2.20. The zero-order chi connectivity index (χ0) is 16.7. The van der Waals surface area contributed by atoms with Gasteiger partial charge in [0.15, 0.2) is 0 Å². The molecule has 0 saturated heterocycles. The van der Waals surface area contributed by atoms with E-state index < -0.39 is 10.0 Å². The molecule has 0 aliphatic rings. The van der Waals surface area contributed by atoms with Crippen molar-refractivity contribution in [2.24, 2.45) is 0 Å². The predicted octanol–water partition coefficient (Wildman–Crippen LogP) is 2.26. The highest BCUT2D eigenvalue weighted by atomic mass is 32.2. The van der Waals surface area contributed by atoms with Crippen molar-refractivity contribution in [3.63, 3.8) is 0 Å². The summed E-state index contributed by atoms with van der Waals surface area (Å²) in [6.45, 7) is 10.3. The van der Waals surface area contributed by atoms with Gasteiger partial charge in [-0.3, -0.25) is 4.68 Å². The number of hydrogen-bond donors (Lipinski definition) is 0. The number of hydrogen-bond acceptors (Lipinski definition) is 5. The zero-order valence-corrected chi connectivity index (χ0v) is 15.5. The third-order valence-corrected chi connectivity index (χ3v) is 7.03. The van der Waals surface area contributed by atoms with Gasteiger partial charge >= 0.3 is 0 Å². The van der Waals surface area contributed by atoms with Crippen molar-refractivity contribution in [1.82, 2.24) is 19.1 Å². The smallest absolute Gasteiger partial charge is 0.246 e. The number of aryl methyl sites for hydroxylation is 3. The van der Waals surface area contributed by atoms with E-state index >= 15 is 0 Å². The predicted molar refractivity (Wildman–Crippen MR) is 87.9 cm³/mol. The van der Waals surface area contributed by atoms with Crippen LogP contribution in [0.25, 0.3) is 0 Å². The molecule has 2 aromatic rings. The van der Waals surface area contributed by atoms with E-state index in [1.54, 1.807) is 36.9 Å². The maximum atomic E-state index is 12.6. The van der Waals surface area contributed by atoms with Gasteiger partial charge in [-0.1, -0.05) is 6.92 Å². The average molecular weight is 342 g/mol. The van der Waals surface area contributed by atoms with Gasteiger partial charge in [0.25, 0.3) is 0 Å². The molecule has 2 heterocycles. The maximum absolute atomic E-state index is 12.6. The molecule has 2 aromatic heterocycles. The minimum absolute atomic E-state index is 0.307. The van der Waals surface area contributed by atoms with E-state index in [2.05, 4.69) is 10.1 Å². The van der Waals surface area contributed by atoms with Gasteiger partial charge in [0.1, 0.15) is 9.90 Å². The summed E-state index contributed by atoms with van der Waals surface area (Å²) in [6.07, 6.45) is 0. The summed E-state index contributed by atoms with van der Waals surface area (Å²) in [5, 5.41) is 5.34. The molecule has 0 saturated carbocycles. The highest BCUT2D eigenvalue weighted by Crippen LogP contribution is 2.24. The Hall–Kier alpha value is -1.25. The third-order valence-electron chi connectivity index (χ3n) is 3.79. The number of rotatable bonds is 5. The minimum Gasteiger partial charge on any atom is -0.261 e. The van der Waals surface area contributed by atoms with E-state index in [-0.39, 0.29) is 0 Å². The van der Waals surface area contributed by atoms with Crippen molar-refractivity contribution in [3.05, 3.63) is 27.0 Å². The molecule has 0 spiro atoms. The summed E-state index contributed by atoms with van der Waals surface area (Å²) in [5.74, 6) is 0. The first-order valence-corrected chi connectivity index (χ1v) is 9.37. The van der Waals surface area contributed by atoms with Gasteiger partial charge in [-0.05, 0) is 27.7 Å². The first-order valence-electron chi connectivity index (χ1n) is 7.11. The molecule has 6 nitrogen and oxygen atoms in total. The van der Waals surface area contributed by atoms with Crippen LogP contribution in [0.1, 0.15) is 33.9 Å². The van der Waals surface area contributed by atoms with Crippen LogP contribution in [0.5, 0.6) is 0 Å². The van der Waals surface area contributed by atoms with Crippen LogP contribution in [0.4, 0.5) is 0 Å². The van der Waals surface area contributed by atoms with E-state index in [1.165, 1.54) is 9.18 Å². The first kappa shape index (κ1) is 17.1. The van der Waals surface area contributed by atoms with Crippen molar-refractivity contribution < 1.29 is 8.42 Å². The fourth-order valence-corrected chi connectivity index (χ4v) is 4.73. The summed E-state index contributed by atoms with van der Waals surface area (Å²) < 4.78 is 28.2. The van der Waals surface area contributed by atoms with E-state index in [0.29, 0.717) is 29.4 Å². The van der Waals surface area contributed by atoms with E-state index in [1.807, 2.05) is 20.8 Å². The highest BCUT2D eigenvalue weighted by Gasteiger charge is 2.28. The van der Waals surface area contributed by atoms with Crippen molar-refractivity contribution in [2.75, 3.05) is 13.6 Å². The normalized spacial score (nSPS) is 12.3. The lowest BCUT2D eigenvalue weighted by Crippen LogP contribution is -2.27. The Labute approximate surface area is 135 Å². The summed E-state index contributed by atoms with van der Waals surface area (Å²) >= 11 is 1.62. The van der Waals surface area contributed by atoms with E-state index in [9.17, 15) is 8.42 Å². The molecule has 0 radical (unpaired) electrons. The van der Waals surface area contributed by atoms with Crippen LogP contribution in [0, 0.1) is 27.7 Å².